The second-order valence-corrected chi connectivity index (χ2v) is 6.03. The normalized spacial score (nSPS) is 11.0. The molecule has 0 aliphatic heterocycles. The van der Waals surface area contributed by atoms with E-state index in [0.29, 0.717) is 10.8 Å². The van der Waals surface area contributed by atoms with Crippen LogP contribution in [0.3, 0.4) is 0 Å². The van der Waals surface area contributed by atoms with Gasteiger partial charge in [0.15, 0.2) is 0 Å². The number of amides is 2. The molecular weight excluding hydrogens is 385 g/mol. The summed E-state index contributed by atoms with van der Waals surface area (Å²) in [7, 11) is 2.65. The number of hydrogen-bond acceptors (Lipinski definition) is 3. The van der Waals surface area contributed by atoms with Gasteiger partial charge < -0.3 is 15.0 Å². The first kappa shape index (κ1) is 20.6. The average molecular weight is 401 g/mol. The summed E-state index contributed by atoms with van der Waals surface area (Å²) in [5.41, 5.74) is -1.30. The molecule has 0 atom stereocenters. The molecular formula is C18H16ClF3N2O3. The van der Waals surface area contributed by atoms with Crippen molar-refractivity contribution >= 4 is 29.1 Å². The lowest BCUT2D eigenvalue weighted by molar-refractivity contribution is -0.138. The van der Waals surface area contributed by atoms with Crippen molar-refractivity contribution < 1.29 is 27.5 Å². The molecule has 2 aromatic carbocycles. The maximum absolute atomic E-state index is 13.1. The molecule has 0 aliphatic rings. The first-order valence-corrected chi connectivity index (χ1v) is 8.06. The molecule has 0 bridgehead atoms. The lowest BCUT2D eigenvalue weighted by Crippen LogP contribution is -2.36. The minimum Gasteiger partial charge on any atom is -0.495 e. The van der Waals surface area contributed by atoms with Crippen molar-refractivity contribution in [2.75, 3.05) is 26.0 Å². The zero-order valence-electron chi connectivity index (χ0n) is 14.4. The summed E-state index contributed by atoms with van der Waals surface area (Å²) in [5.74, 6) is -1.18. The molecule has 0 saturated carbocycles. The first-order chi connectivity index (χ1) is 12.6. The number of alkyl halides is 3. The number of benzene rings is 2. The third-order valence-electron chi connectivity index (χ3n) is 3.63. The number of halogens is 4. The number of nitrogens with one attached hydrogen (secondary N) is 1. The number of methoxy groups -OCH3 is 1. The third-order valence-corrected chi connectivity index (χ3v) is 3.86. The van der Waals surface area contributed by atoms with Crippen LogP contribution in [0.25, 0.3) is 0 Å². The van der Waals surface area contributed by atoms with Crippen LogP contribution in [0, 0.1) is 0 Å². The Bertz CT molecular complexity index is 856. The fraction of sp³-hybridized carbons (Fsp3) is 0.222. The number of ether oxygens (including phenoxy) is 1. The Morgan fingerprint density at radius 3 is 2.48 bits per heavy atom. The van der Waals surface area contributed by atoms with E-state index >= 15 is 0 Å². The van der Waals surface area contributed by atoms with Crippen LogP contribution < -0.4 is 10.1 Å². The van der Waals surface area contributed by atoms with E-state index in [2.05, 4.69) is 5.32 Å². The van der Waals surface area contributed by atoms with Crippen LogP contribution >= 0.6 is 11.6 Å². The SMILES string of the molecule is COc1ccc(Cl)cc1NC(=O)CN(C)C(=O)c1ccccc1C(F)(F)F. The fourth-order valence-electron chi connectivity index (χ4n) is 2.38. The monoisotopic (exact) mass is 400 g/mol. The molecule has 0 radical (unpaired) electrons. The number of likely N-dealkylation sites (N-methyl/N-ethyl adjacent to an activating group) is 1. The smallest absolute Gasteiger partial charge is 0.417 e. The molecule has 0 spiro atoms. The standard InChI is InChI=1S/C18H16ClF3N2O3/c1-24(17(26)12-5-3-4-6-13(12)18(20,21)22)10-16(25)23-14-9-11(19)7-8-15(14)27-2/h3-9H,10H2,1-2H3,(H,23,25). The van der Waals surface area contributed by atoms with Gasteiger partial charge in [-0.15, -0.1) is 0 Å². The predicted octanol–water partition coefficient (Wildman–Crippen LogP) is 4.08. The summed E-state index contributed by atoms with van der Waals surface area (Å²) in [6.45, 7) is -0.458. The maximum Gasteiger partial charge on any atom is 0.417 e. The van der Waals surface area contributed by atoms with Crippen molar-refractivity contribution in [1.82, 2.24) is 4.90 Å². The van der Waals surface area contributed by atoms with E-state index in [0.717, 1.165) is 17.0 Å². The number of anilines is 1. The van der Waals surface area contributed by atoms with Crippen molar-refractivity contribution in [3.05, 3.63) is 58.6 Å². The summed E-state index contributed by atoms with van der Waals surface area (Å²) in [6, 6.07) is 8.98. The summed E-state index contributed by atoms with van der Waals surface area (Å²) in [6.07, 6.45) is -4.68. The van der Waals surface area contributed by atoms with Gasteiger partial charge in [0.2, 0.25) is 5.91 Å². The van der Waals surface area contributed by atoms with E-state index in [9.17, 15) is 22.8 Å². The Labute approximate surface area is 158 Å². The summed E-state index contributed by atoms with van der Waals surface area (Å²) in [5, 5.41) is 2.88. The zero-order valence-corrected chi connectivity index (χ0v) is 15.2. The molecule has 2 amide bonds. The van der Waals surface area contributed by atoms with Crippen LogP contribution in [0.1, 0.15) is 15.9 Å². The molecule has 144 valence electrons. The molecule has 0 fully saturated rings. The summed E-state index contributed by atoms with van der Waals surface area (Å²) >= 11 is 5.88. The first-order valence-electron chi connectivity index (χ1n) is 7.68. The Morgan fingerprint density at radius 2 is 1.85 bits per heavy atom. The Kier molecular flexibility index (Phi) is 6.32. The predicted molar refractivity (Wildman–Crippen MR) is 95.0 cm³/mol. The van der Waals surface area contributed by atoms with Crippen LogP contribution in [0.2, 0.25) is 5.02 Å². The van der Waals surface area contributed by atoms with Crippen LogP contribution in [-0.2, 0) is 11.0 Å². The van der Waals surface area contributed by atoms with Crippen LogP contribution in [0.15, 0.2) is 42.5 Å². The molecule has 0 saturated heterocycles. The largest absolute Gasteiger partial charge is 0.495 e. The van der Waals surface area contributed by atoms with Crippen LogP contribution in [0.5, 0.6) is 5.75 Å². The van der Waals surface area contributed by atoms with Gasteiger partial charge in [-0.05, 0) is 30.3 Å². The Balaban J connectivity index is 2.14. The van der Waals surface area contributed by atoms with Gasteiger partial charge in [0, 0.05) is 12.1 Å². The number of hydrogen-bond donors (Lipinski definition) is 1. The molecule has 0 aromatic heterocycles. The lowest BCUT2D eigenvalue weighted by Gasteiger charge is -2.20. The van der Waals surface area contributed by atoms with Gasteiger partial charge >= 0.3 is 6.18 Å². The summed E-state index contributed by atoms with van der Waals surface area (Å²) in [4.78, 5) is 25.5. The molecule has 5 nitrogen and oxygen atoms in total. The molecule has 0 aliphatic carbocycles. The second kappa shape index (κ2) is 8.30. The highest BCUT2D eigenvalue weighted by atomic mass is 35.5. The Hall–Kier alpha value is -2.74. The minimum atomic E-state index is -4.68. The van der Waals surface area contributed by atoms with Crippen molar-refractivity contribution in [3.63, 3.8) is 0 Å². The van der Waals surface area contributed by atoms with Crippen molar-refractivity contribution in [3.8, 4) is 5.75 Å². The van der Waals surface area contributed by atoms with Gasteiger partial charge in [-0.1, -0.05) is 23.7 Å². The average Bonchev–Trinajstić information content (AvgIpc) is 2.60. The van der Waals surface area contributed by atoms with Crippen molar-refractivity contribution in [1.29, 1.82) is 0 Å². The Morgan fingerprint density at radius 1 is 1.19 bits per heavy atom. The van der Waals surface area contributed by atoms with Gasteiger partial charge in [-0.2, -0.15) is 13.2 Å². The van der Waals surface area contributed by atoms with Crippen molar-refractivity contribution in [2.24, 2.45) is 0 Å². The number of carbonyl (C=O) groups is 2. The van der Waals surface area contributed by atoms with E-state index in [1.54, 1.807) is 12.1 Å². The summed E-state index contributed by atoms with van der Waals surface area (Å²) < 4.78 is 44.3. The lowest BCUT2D eigenvalue weighted by atomic mass is 10.1. The number of rotatable bonds is 5. The van der Waals surface area contributed by atoms with E-state index < -0.39 is 35.7 Å². The molecule has 1 N–H and O–H groups in total. The molecule has 2 aromatic rings. The topological polar surface area (TPSA) is 58.6 Å². The quantitative estimate of drug-likeness (QED) is 0.822. The van der Waals surface area contributed by atoms with Crippen LogP contribution in [0.4, 0.5) is 18.9 Å². The van der Waals surface area contributed by atoms with Gasteiger partial charge in [-0.25, -0.2) is 0 Å². The molecule has 9 heteroatoms. The fourth-order valence-corrected chi connectivity index (χ4v) is 2.55. The van der Waals surface area contributed by atoms with E-state index in [-0.39, 0.29) is 5.69 Å². The van der Waals surface area contributed by atoms with Gasteiger partial charge in [0.1, 0.15) is 5.75 Å². The zero-order chi connectivity index (χ0) is 20.2. The highest BCUT2D eigenvalue weighted by molar-refractivity contribution is 6.31. The molecule has 2 rings (SSSR count). The molecule has 0 heterocycles. The minimum absolute atomic E-state index is 0.284. The number of nitrogens with zero attached hydrogens (tertiary/aromatic N) is 1. The van der Waals surface area contributed by atoms with Gasteiger partial charge in [-0.3, -0.25) is 9.59 Å². The molecule has 27 heavy (non-hydrogen) atoms. The second-order valence-electron chi connectivity index (χ2n) is 5.60. The van der Waals surface area contributed by atoms with E-state index in [1.165, 1.54) is 32.4 Å². The third kappa shape index (κ3) is 5.13. The number of carbonyl (C=O) groups excluding carboxylic acids is 2. The highest BCUT2D eigenvalue weighted by Crippen LogP contribution is 2.32. The highest BCUT2D eigenvalue weighted by Gasteiger charge is 2.35. The van der Waals surface area contributed by atoms with E-state index in [1.807, 2.05) is 0 Å². The van der Waals surface area contributed by atoms with Gasteiger partial charge in [0.25, 0.3) is 5.91 Å². The van der Waals surface area contributed by atoms with Crippen LogP contribution in [-0.4, -0.2) is 37.4 Å². The van der Waals surface area contributed by atoms with Crippen molar-refractivity contribution in [2.45, 2.75) is 6.18 Å². The van der Waals surface area contributed by atoms with Gasteiger partial charge in [0.05, 0.1) is 30.5 Å². The maximum atomic E-state index is 13.1. The van der Waals surface area contributed by atoms with E-state index in [4.69, 9.17) is 16.3 Å². The molecule has 0 unspecified atom stereocenters.